The lowest BCUT2D eigenvalue weighted by molar-refractivity contribution is 0.0696. The van der Waals surface area contributed by atoms with Gasteiger partial charge in [-0.1, -0.05) is 30.3 Å². The minimum atomic E-state index is -1.02. The third-order valence-electron chi connectivity index (χ3n) is 3.75. The average Bonchev–Trinajstić information content (AvgIpc) is 2.59. The molecule has 0 aliphatic carbocycles. The van der Waals surface area contributed by atoms with Crippen LogP contribution in [0.1, 0.15) is 27.2 Å². The van der Waals surface area contributed by atoms with Crippen LogP contribution in [-0.4, -0.2) is 33.6 Å². The number of carbonyl (C=O) groups is 2. The molecule has 1 aromatic heterocycles. The van der Waals surface area contributed by atoms with Crippen molar-refractivity contribution in [2.24, 2.45) is 0 Å². The first-order chi connectivity index (χ1) is 11.1. The summed E-state index contributed by atoms with van der Waals surface area (Å²) in [5.74, 6) is -1.02. The molecule has 6 nitrogen and oxygen atoms in total. The molecule has 118 valence electrons. The lowest BCUT2D eigenvalue weighted by atomic mass is 10.0. The fourth-order valence-corrected chi connectivity index (χ4v) is 2.51. The van der Waals surface area contributed by atoms with Gasteiger partial charge in [0.2, 0.25) is 0 Å². The summed E-state index contributed by atoms with van der Waals surface area (Å²) in [5.41, 5.74) is 2.64. The molecule has 2 heterocycles. The minimum absolute atomic E-state index is 0.128. The Morgan fingerprint density at radius 2 is 2.04 bits per heavy atom. The zero-order valence-electron chi connectivity index (χ0n) is 12.4. The van der Waals surface area contributed by atoms with E-state index in [-0.39, 0.29) is 12.2 Å². The molecule has 0 spiro atoms. The molecule has 0 unspecified atom stereocenters. The number of rotatable bonds is 3. The highest BCUT2D eigenvalue weighted by atomic mass is 16.6. The van der Waals surface area contributed by atoms with E-state index < -0.39 is 12.1 Å². The van der Waals surface area contributed by atoms with Gasteiger partial charge in [0.1, 0.15) is 6.61 Å². The van der Waals surface area contributed by atoms with Crippen LogP contribution < -0.4 is 0 Å². The molecule has 2 aromatic rings. The number of aromatic nitrogens is 1. The number of hydrogen-bond donors (Lipinski definition) is 1. The van der Waals surface area contributed by atoms with Crippen molar-refractivity contribution < 1.29 is 19.4 Å². The first-order valence-corrected chi connectivity index (χ1v) is 7.30. The minimum Gasteiger partial charge on any atom is -0.478 e. The molecule has 0 radical (unpaired) electrons. The van der Waals surface area contributed by atoms with Gasteiger partial charge < -0.3 is 14.7 Å². The smallest absolute Gasteiger partial charge is 0.410 e. The molecule has 0 saturated carbocycles. The number of benzene rings is 1. The number of ether oxygens (including phenoxy) is 1. The standard InChI is InChI=1S/C17H16N2O4/c20-16(21)13-8-14-10-19(7-6-15(14)18-9-13)17(22)23-11-12-4-2-1-3-5-12/h1-5,8-9H,6-7,10-11H2,(H,20,21). The summed E-state index contributed by atoms with van der Waals surface area (Å²) >= 11 is 0. The molecule has 0 bridgehead atoms. The Balaban J connectivity index is 1.65. The predicted molar refractivity (Wildman–Crippen MR) is 81.9 cm³/mol. The Morgan fingerprint density at radius 3 is 2.78 bits per heavy atom. The normalized spacial score (nSPS) is 13.3. The van der Waals surface area contributed by atoms with E-state index in [9.17, 15) is 9.59 Å². The van der Waals surface area contributed by atoms with Crippen LogP contribution in [0.25, 0.3) is 0 Å². The molecule has 1 aliphatic heterocycles. The van der Waals surface area contributed by atoms with Crippen LogP contribution in [0.5, 0.6) is 0 Å². The second-order valence-electron chi connectivity index (χ2n) is 5.35. The molecule has 0 atom stereocenters. The van der Waals surface area contributed by atoms with Gasteiger partial charge in [-0.15, -0.1) is 0 Å². The number of aromatic carboxylic acids is 1. The third kappa shape index (κ3) is 3.48. The highest BCUT2D eigenvalue weighted by molar-refractivity contribution is 5.87. The third-order valence-corrected chi connectivity index (χ3v) is 3.75. The number of carbonyl (C=O) groups excluding carboxylic acids is 1. The summed E-state index contributed by atoms with van der Waals surface area (Å²) in [6.07, 6.45) is 1.54. The fraction of sp³-hybridized carbons (Fsp3) is 0.235. The van der Waals surface area contributed by atoms with E-state index in [1.54, 1.807) is 11.0 Å². The number of hydrogen-bond acceptors (Lipinski definition) is 4. The summed E-state index contributed by atoms with van der Waals surface area (Å²) in [4.78, 5) is 28.9. The molecular formula is C17H16N2O4. The van der Waals surface area contributed by atoms with E-state index in [4.69, 9.17) is 9.84 Å². The number of carboxylic acids is 1. The van der Waals surface area contributed by atoms with Crippen molar-refractivity contribution in [2.75, 3.05) is 6.54 Å². The van der Waals surface area contributed by atoms with Crippen LogP contribution in [0.3, 0.4) is 0 Å². The zero-order valence-corrected chi connectivity index (χ0v) is 12.4. The summed E-state index contributed by atoms with van der Waals surface area (Å²) in [6, 6.07) is 11.0. The second-order valence-corrected chi connectivity index (χ2v) is 5.35. The van der Waals surface area contributed by atoms with Gasteiger partial charge in [-0.25, -0.2) is 9.59 Å². The molecule has 0 saturated heterocycles. The first-order valence-electron chi connectivity index (χ1n) is 7.30. The van der Waals surface area contributed by atoms with E-state index >= 15 is 0 Å². The number of amides is 1. The van der Waals surface area contributed by atoms with Crippen LogP contribution in [0.4, 0.5) is 4.79 Å². The largest absolute Gasteiger partial charge is 0.478 e. The van der Waals surface area contributed by atoms with E-state index in [1.165, 1.54) is 6.20 Å². The lowest BCUT2D eigenvalue weighted by Crippen LogP contribution is -2.36. The van der Waals surface area contributed by atoms with E-state index in [1.807, 2.05) is 30.3 Å². The van der Waals surface area contributed by atoms with Crippen LogP contribution in [0.15, 0.2) is 42.6 Å². The van der Waals surface area contributed by atoms with Gasteiger partial charge in [-0.2, -0.15) is 0 Å². The summed E-state index contributed by atoms with van der Waals surface area (Å²) in [7, 11) is 0. The van der Waals surface area contributed by atoms with Gasteiger partial charge in [0, 0.05) is 24.9 Å². The molecule has 1 aromatic carbocycles. The van der Waals surface area contributed by atoms with Crippen molar-refractivity contribution in [1.29, 1.82) is 0 Å². The van der Waals surface area contributed by atoms with Gasteiger partial charge in [0.15, 0.2) is 0 Å². The molecule has 1 aliphatic rings. The van der Waals surface area contributed by atoms with Crippen molar-refractivity contribution >= 4 is 12.1 Å². The van der Waals surface area contributed by atoms with Crippen molar-refractivity contribution in [1.82, 2.24) is 9.88 Å². The molecule has 3 rings (SSSR count). The van der Waals surface area contributed by atoms with Crippen LogP contribution >= 0.6 is 0 Å². The second kappa shape index (κ2) is 6.48. The van der Waals surface area contributed by atoms with Crippen LogP contribution in [0.2, 0.25) is 0 Å². The summed E-state index contributed by atoms with van der Waals surface area (Å²) in [5, 5.41) is 9.03. The Hall–Kier alpha value is -2.89. The zero-order chi connectivity index (χ0) is 16.2. The quantitative estimate of drug-likeness (QED) is 0.942. The predicted octanol–water partition coefficient (Wildman–Crippen LogP) is 2.47. The maximum atomic E-state index is 12.2. The van der Waals surface area contributed by atoms with Crippen molar-refractivity contribution in [3.05, 3.63) is 65.0 Å². The van der Waals surface area contributed by atoms with Crippen molar-refractivity contribution in [3.63, 3.8) is 0 Å². The van der Waals surface area contributed by atoms with Crippen molar-refractivity contribution in [3.8, 4) is 0 Å². The van der Waals surface area contributed by atoms with Gasteiger partial charge in [-0.3, -0.25) is 4.98 Å². The Morgan fingerprint density at radius 1 is 1.26 bits per heavy atom. The average molecular weight is 312 g/mol. The molecular weight excluding hydrogens is 296 g/mol. The molecule has 6 heteroatoms. The highest BCUT2D eigenvalue weighted by Gasteiger charge is 2.23. The van der Waals surface area contributed by atoms with Crippen molar-refractivity contribution in [2.45, 2.75) is 19.6 Å². The maximum Gasteiger partial charge on any atom is 0.410 e. The topological polar surface area (TPSA) is 79.7 Å². The summed E-state index contributed by atoms with van der Waals surface area (Å²) in [6.45, 7) is 1.05. The number of nitrogens with zero attached hydrogens (tertiary/aromatic N) is 2. The molecule has 0 fully saturated rings. The van der Waals surface area contributed by atoms with Gasteiger partial charge in [0.25, 0.3) is 0 Å². The monoisotopic (exact) mass is 312 g/mol. The Kier molecular flexibility index (Phi) is 4.23. The van der Waals surface area contributed by atoms with Crippen LogP contribution in [0, 0.1) is 0 Å². The summed E-state index contributed by atoms with van der Waals surface area (Å²) < 4.78 is 5.31. The van der Waals surface area contributed by atoms with E-state index in [2.05, 4.69) is 4.98 Å². The first kappa shape index (κ1) is 15.0. The number of carboxylic acid groups (broad SMARTS) is 1. The van der Waals surface area contributed by atoms with Gasteiger partial charge >= 0.3 is 12.1 Å². The van der Waals surface area contributed by atoms with E-state index in [0.717, 1.165) is 16.8 Å². The Labute approximate surface area is 133 Å². The Bertz CT molecular complexity index is 731. The van der Waals surface area contributed by atoms with Gasteiger partial charge in [-0.05, 0) is 17.2 Å². The fourth-order valence-electron chi connectivity index (χ4n) is 2.51. The SMILES string of the molecule is O=C(O)c1cnc2c(c1)CN(C(=O)OCc1ccccc1)CC2. The van der Waals surface area contributed by atoms with E-state index in [0.29, 0.717) is 19.5 Å². The lowest BCUT2D eigenvalue weighted by Gasteiger charge is -2.27. The number of fused-ring (bicyclic) bond motifs is 1. The van der Waals surface area contributed by atoms with Gasteiger partial charge in [0.05, 0.1) is 12.1 Å². The molecule has 23 heavy (non-hydrogen) atoms. The number of pyridine rings is 1. The molecule has 1 amide bonds. The highest BCUT2D eigenvalue weighted by Crippen LogP contribution is 2.19. The molecule has 1 N–H and O–H groups in total. The maximum absolute atomic E-state index is 12.2. The van der Waals surface area contributed by atoms with Crippen LogP contribution in [-0.2, 0) is 24.3 Å².